The van der Waals surface area contributed by atoms with Gasteiger partial charge in [0.1, 0.15) is 5.69 Å². The van der Waals surface area contributed by atoms with Crippen molar-refractivity contribution in [1.82, 2.24) is 15.0 Å². The Kier molecular flexibility index (Phi) is 3.84. The van der Waals surface area contributed by atoms with Crippen molar-refractivity contribution in [2.75, 3.05) is 0 Å². The number of aryl methyl sites for hydroxylation is 1. The summed E-state index contributed by atoms with van der Waals surface area (Å²) in [6, 6.07) is 11.4. The number of nitrogens with one attached hydrogen (secondary N) is 1. The third-order valence-corrected chi connectivity index (χ3v) is 3.81. The highest BCUT2D eigenvalue weighted by Gasteiger charge is 2.11. The first-order valence-electron chi connectivity index (χ1n) is 6.83. The number of fused-ring (bicyclic) bond motifs is 1. The predicted molar refractivity (Wildman–Crippen MR) is 87.3 cm³/mol. The molecule has 0 unspecified atom stereocenters. The summed E-state index contributed by atoms with van der Waals surface area (Å²) in [6.45, 7) is 2.06. The van der Waals surface area contributed by atoms with Crippen molar-refractivity contribution >= 4 is 26.8 Å². The lowest BCUT2D eigenvalue weighted by atomic mass is 10.2. The number of rotatable bonds is 3. The standard InChI is InChI=1S/C16H14BrN3O/c1-2-5-11-9-14(21)20-16(18-11)15-12(17)8-10-6-3-4-7-13(10)19-15/h3-4,6-9H,2,5H2,1H3,(H,18,20,21). The fourth-order valence-corrected chi connectivity index (χ4v) is 2.78. The minimum absolute atomic E-state index is 0.148. The SMILES string of the molecule is CCCc1cc(=O)[nH]c(-c2nc3ccccc3cc2Br)n1. The summed E-state index contributed by atoms with van der Waals surface area (Å²) in [7, 11) is 0. The smallest absolute Gasteiger partial charge is 0.251 e. The van der Waals surface area contributed by atoms with Gasteiger partial charge in [0.2, 0.25) is 0 Å². The van der Waals surface area contributed by atoms with Gasteiger partial charge in [0, 0.05) is 21.6 Å². The average molecular weight is 344 g/mol. The van der Waals surface area contributed by atoms with E-state index in [1.807, 2.05) is 30.3 Å². The molecule has 0 bridgehead atoms. The Morgan fingerprint density at radius 2 is 2.00 bits per heavy atom. The van der Waals surface area contributed by atoms with Crippen LogP contribution in [0, 0.1) is 0 Å². The van der Waals surface area contributed by atoms with Gasteiger partial charge < -0.3 is 4.98 Å². The van der Waals surface area contributed by atoms with Crippen LogP contribution in [-0.2, 0) is 6.42 Å². The van der Waals surface area contributed by atoms with E-state index in [9.17, 15) is 4.79 Å². The summed E-state index contributed by atoms with van der Waals surface area (Å²) >= 11 is 3.52. The zero-order valence-corrected chi connectivity index (χ0v) is 13.1. The third kappa shape index (κ3) is 2.88. The van der Waals surface area contributed by atoms with E-state index in [4.69, 9.17) is 0 Å². The second kappa shape index (κ2) is 5.77. The van der Waals surface area contributed by atoms with Crippen LogP contribution in [-0.4, -0.2) is 15.0 Å². The molecule has 5 heteroatoms. The first-order valence-corrected chi connectivity index (χ1v) is 7.62. The van der Waals surface area contributed by atoms with Crippen LogP contribution in [0.15, 0.2) is 45.7 Å². The Morgan fingerprint density at radius 1 is 1.19 bits per heavy atom. The number of hydrogen-bond donors (Lipinski definition) is 1. The first-order chi connectivity index (χ1) is 10.2. The van der Waals surface area contributed by atoms with Crippen molar-refractivity contribution in [3.63, 3.8) is 0 Å². The highest BCUT2D eigenvalue weighted by atomic mass is 79.9. The normalized spacial score (nSPS) is 11.0. The number of aromatic amines is 1. The second-order valence-electron chi connectivity index (χ2n) is 4.85. The van der Waals surface area contributed by atoms with E-state index in [0.29, 0.717) is 11.5 Å². The molecule has 106 valence electrons. The van der Waals surface area contributed by atoms with Crippen molar-refractivity contribution in [3.05, 3.63) is 56.9 Å². The zero-order chi connectivity index (χ0) is 14.8. The number of aromatic nitrogens is 3. The molecule has 2 aromatic heterocycles. The largest absolute Gasteiger partial charge is 0.305 e. The highest BCUT2D eigenvalue weighted by molar-refractivity contribution is 9.10. The van der Waals surface area contributed by atoms with Gasteiger partial charge in [-0.15, -0.1) is 0 Å². The maximum atomic E-state index is 11.8. The molecule has 1 N–H and O–H groups in total. The van der Waals surface area contributed by atoms with E-state index in [-0.39, 0.29) is 5.56 Å². The fraction of sp³-hybridized carbons (Fsp3) is 0.188. The quantitative estimate of drug-likeness (QED) is 0.788. The Bertz CT molecular complexity index is 858. The van der Waals surface area contributed by atoms with Crippen LogP contribution in [0.1, 0.15) is 19.0 Å². The molecule has 1 aromatic carbocycles. The minimum atomic E-state index is -0.148. The molecular weight excluding hydrogens is 330 g/mol. The molecule has 3 rings (SSSR count). The molecule has 4 nitrogen and oxygen atoms in total. The summed E-state index contributed by atoms with van der Waals surface area (Å²) in [5.74, 6) is 0.503. The van der Waals surface area contributed by atoms with Crippen LogP contribution in [0.3, 0.4) is 0 Å². The first kappa shape index (κ1) is 13.9. The molecule has 0 saturated heterocycles. The highest BCUT2D eigenvalue weighted by Crippen LogP contribution is 2.27. The summed E-state index contributed by atoms with van der Waals surface area (Å²) < 4.78 is 0.818. The molecule has 0 aliphatic carbocycles. The van der Waals surface area contributed by atoms with E-state index in [2.05, 4.69) is 37.8 Å². The predicted octanol–water partition coefficient (Wildman–Crippen LogP) is 3.70. The van der Waals surface area contributed by atoms with E-state index >= 15 is 0 Å². The second-order valence-corrected chi connectivity index (χ2v) is 5.70. The molecule has 0 spiro atoms. The van der Waals surface area contributed by atoms with Crippen LogP contribution in [0.25, 0.3) is 22.4 Å². The maximum absolute atomic E-state index is 11.8. The van der Waals surface area contributed by atoms with Gasteiger partial charge in [-0.1, -0.05) is 31.5 Å². The molecular formula is C16H14BrN3O. The van der Waals surface area contributed by atoms with Crippen molar-refractivity contribution < 1.29 is 0 Å². The van der Waals surface area contributed by atoms with Gasteiger partial charge >= 0.3 is 0 Å². The van der Waals surface area contributed by atoms with Gasteiger partial charge in [0.25, 0.3) is 5.56 Å². The Morgan fingerprint density at radius 3 is 2.81 bits per heavy atom. The summed E-state index contributed by atoms with van der Waals surface area (Å²) in [4.78, 5) is 23.7. The average Bonchev–Trinajstić information content (AvgIpc) is 2.46. The molecule has 2 heterocycles. The van der Waals surface area contributed by atoms with E-state index in [1.54, 1.807) is 6.07 Å². The summed E-state index contributed by atoms with van der Waals surface area (Å²) in [6.07, 6.45) is 1.73. The molecule has 0 atom stereocenters. The number of benzene rings is 1. The Balaban J connectivity index is 2.19. The number of H-pyrrole nitrogens is 1. The number of nitrogens with zero attached hydrogens (tertiary/aromatic N) is 2. The fourth-order valence-electron chi connectivity index (χ4n) is 2.26. The number of hydrogen-bond acceptors (Lipinski definition) is 3. The minimum Gasteiger partial charge on any atom is -0.305 e. The molecule has 0 radical (unpaired) electrons. The van der Waals surface area contributed by atoms with Gasteiger partial charge in [-0.2, -0.15) is 0 Å². The van der Waals surface area contributed by atoms with E-state index in [1.165, 1.54) is 0 Å². The number of para-hydroxylation sites is 1. The molecule has 0 aliphatic rings. The molecule has 21 heavy (non-hydrogen) atoms. The van der Waals surface area contributed by atoms with E-state index < -0.39 is 0 Å². The molecule has 0 amide bonds. The van der Waals surface area contributed by atoms with Crippen molar-refractivity contribution in [1.29, 1.82) is 0 Å². The lowest BCUT2D eigenvalue weighted by Gasteiger charge is -2.07. The van der Waals surface area contributed by atoms with Crippen LogP contribution in [0.2, 0.25) is 0 Å². The van der Waals surface area contributed by atoms with Crippen molar-refractivity contribution in [2.24, 2.45) is 0 Å². The third-order valence-electron chi connectivity index (χ3n) is 3.20. The molecule has 0 fully saturated rings. The molecule has 0 saturated carbocycles. The van der Waals surface area contributed by atoms with Gasteiger partial charge in [-0.05, 0) is 34.5 Å². The zero-order valence-electron chi connectivity index (χ0n) is 11.6. The van der Waals surface area contributed by atoms with Crippen LogP contribution in [0.5, 0.6) is 0 Å². The Labute approximate surface area is 130 Å². The molecule has 0 aliphatic heterocycles. The van der Waals surface area contributed by atoms with Gasteiger partial charge in [-0.3, -0.25) is 4.79 Å². The summed E-state index contributed by atoms with van der Waals surface area (Å²) in [5, 5.41) is 1.04. The number of halogens is 1. The van der Waals surface area contributed by atoms with Gasteiger partial charge in [0.05, 0.1) is 5.52 Å². The number of pyridine rings is 1. The topological polar surface area (TPSA) is 58.6 Å². The van der Waals surface area contributed by atoms with Crippen LogP contribution in [0.4, 0.5) is 0 Å². The van der Waals surface area contributed by atoms with Crippen LogP contribution < -0.4 is 5.56 Å². The monoisotopic (exact) mass is 343 g/mol. The Hall–Kier alpha value is -2.01. The van der Waals surface area contributed by atoms with Crippen molar-refractivity contribution in [3.8, 4) is 11.5 Å². The maximum Gasteiger partial charge on any atom is 0.251 e. The lowest BCUT2D eigenvalue weighted by Crippen LogP contribution is -2.11. The summed E-state index contributed by atoms with van der Waals surface area (Å²) in [5.41, 5.74) is 2.17. The lowest BCUT2D eigenvalue weighted by molar-refractivity contribution is 0.868. The van der Waals surface area contributed by atoms with Crippen molar-refractivity contribution in [2.45, 2.75) is 19.8 Å². The van der Waals surface area contributed by atoms with Gasteiger partial charge in [0.15, 0.2) is 5.82 Å². The van der Waals surface area contributed by atoms with E-state index in [0.717, 1.165) is 33.9 Å². The van der Waals surface area contributed by atoms with Crippen LogP contribution >= 0.6 is 15.9 Å². The van der Waals surface area contributed by atoms with Gasteiger partial charge in [-0.25, -0.2) is 9.97 Å². The molecule has 3 aromatic rings.